The molecular weight excluding hydrogens is 482 g/mol. The fourth-order valence-electron chi connectivity index (χ4n) is 9.60. The van der Waals surface area contributed by atoms with Crippen molar-refractivity contribution >= 4 is 23.2 Å². The Labute approximate surface area is 226 Å². The van der Waals surface area contributed by atoms with E-state index < -0.39 is 11.4 Å². The molecule has 0 radical (unpaired) electrons. The van der Waals surface area contributed by atoms with Crippen molar-refractivity contribution in [1.82, 2.24) is 0 Å². The highest BCUT2D eigenvalue weighted by atomic mass is 32.2. The second-order valence-electron chi connectivity index (χ2n) is 14.5. The van der Waals surface area contributed by atoms with Crippen molar-refractivity contribution in [3.8, 4) is 0 Å². The van der Waals surface area contributed by atoms with Crippen LogP contribution in [-0.4, -0.2) is 54.3 Å². The molecule has 1 N–H and O–H groups in total. The number of rotatable bonds is 1. The van der Waals surface area contributed by atoms with Crippen molar-refractivity contribution < 1.29 is 19.4 Å². The summed E-state index contributed by atoms with van der Waals surface area (Å²) in [6, 6.07) is 6.91. The van der Waals surface area contributed by atoms with Gasteiger partial charge >= 0.3 is 0 Å². The average molecular weight is 526 g/mol. The molecular formula is C31H43NO4S. The minimum absolute atomic E-state index is 0.00963. The van der Waals surface area contributed by atoms with Gasteiger partial charge in [-0.25, -0.2) is 0 Å². The van der Waals surface area contributed by atoms with Gasteiger partial charge in [0, 0.05) is 54.8 Å². The molecule has 1 aromatic carbocycles. The molecule has 7 rings (SSSR count). The highest BCUT2D eigenvalue weighted by Gasteiger charge is 2.72. The number of Topliss-reactive ketones (excluding diaryl/α,β-unsaturated/α-hetero) is 1. The van der Waals surface area contributed by atoms with Gasteiger partial charge in [-0.3, -0.25) is 4.79 Å². The van der Waals surface area contributed by atoms with Gasteiger partial charge in [0.15, 0.2) is 5.79 Å². The largest absolute Gasteiger partial charge is 0.388 e. The lowest BCUT2D eigenvalue weighted by Gasteiger charge is -2.69. The first kappa shape index (κ1) is 24.9. The maximum atomic E-state index is 13.3. The normalized spacial score (nSPS) is 45.0. The van der Waals surface area contributed by atoms with Crippen molar-refractivity contribution in [1.29, 1.82) is 0 Å². The number of hydrogen-bond donors (Lipinski definition) is 1. The van der Waals surface area contributed by atoms with Crippen LogP contribution in [0.3, 0.4) is 0 Å². The third-order valence-corrected chi connectivity index (χ3v) is 13.3. The van der Waals surface area contributed by atoms with Gasteiger partial charge in [-0.05, 0) is 73.5 Å². The van der Waals surface area contributed by atoms with E-state index in [9.17, 15) is 9.90 Å². The summed E-state index contributed by atoms with van der Waals surface area (Å²) >= 11 is 1.97. The maximum absolute atomic E-state index is 13.3. The first-order chi connectivity index (χ1) is 17.4. The second kappa shape index (κ2) is 7.77. The van der Waals surface area contributed by atoms with Gasteiger partial charge in [0.05, 0.1) is 23.6 Å². The average Bonchev–Trinajstić information content (AvgIpc) is 3.15. The smallest absolute Gasteiger partial charge is 0.171 e. The minimum Gasteiger partial charge on any atom is -0.388 e. The van der Waals surface area contributed by atoms with Crippen molar-refractivity contribution in [2.45, 2.75) is 99.1 Å². The molecule has 2 heterocycles. The third kappa shape index (κ3) is 3.31. The molecule has 7 atom stereocenters. The van der Waals surface area contributed by atoms with E-state index in [1.54, 1.807) is 0 Å². The van der Waals surface area contributed by atoms with Crippen LogP contribution in [0.15, 0.2) is 23.1 Å². The highest BCUT2D eigenvalue weighted by Crippen LogP contribution is 2.74. The summed E-state index contributed by atoms with van der Waals surface area (Å²) in [7, 11) is 4.19. The number of fused-ring (bicyclic) bond motifs is 4. The van der Waals surface area contributed by atoms with Crippen LogP contribution >= 0.6 is 11.8 Å². The Morgan fingerprint density at radius 1 is 1.05 bits per heavy atom. The summed E-state index contributed by atoms with van der Waals surface area (Å²) in [5, 5.41) is 12.8. The molecule has 6 aliphatic rings. The molecule has 2 aliphatic heterocycles. The summed E-state index contributed by atoms with van der Waals surface area (Å²) in [5.41, 5.74) is 1.54. The lowest BCUT2D eigenvalue weighted by atomic mass is 9.45. The van der Waals surface area contributed by atoms with Gasteiger partial charge in [-0.15, -0.1) is 11.8 Å². The summed E-state index contributed by atoms with van der Waals surface area (Å²) in [6.07, 6.45) is 6.75. The monoisotopic (exact) mass is 525 g/mol. The van der Waals surface area contributed by atoms with Crippen molar-refractivity contribution in [3.05, 3.63) is 23.8 Å². The van der Waals surface area contributed by atoms with Crippen LogP contribution in [0, 0.1) is 28.6 Å². The molecule has 1 unspecified atom stereocenters. The second-order valence-corrected chi connectivity index (χ2v) is 15.9. The molecule has 0 amide bonds. The number of ether oxygens (including phenoxy) is 2. The molecule has 0 bridgehead atoms. The van der Waals surface area contributed by atoms with Crippen molar-refractivity contribution in [3.63, 3.8) is 0 Å². The predicted octanol–water partition coefficient (Wildman–Crippen LogP) is 5.78. The first-order valence-corrected chi connectivity index (χ1v) is 15.3. The van der Waals surface area contributed by atoms with Crippen LogP contribution in [0.5, 0.6) is 0 Å². The topological polar surface area (TPSA) is 59.0 Å². The van der Waals surface area contributed by atoms with Gasteiger partial charge in [-0.2, -0.15) is 0 Å². The number of aliphatic hydroxyl groups is 1. The molecule has 6 heteroatoms. The Morgan fingerprint density at radius 2 is 1.81 bits per heavy atom. The van der Waals surface area contributed by atoms with E-state index in [1.165, 1.54) is 16.1 Å². The highest BCUT2D eigenvalue weighted by molar-refractivity contribution is 8.01. The van der Waals surface area contributed by atoms with E-state index in [0.29, 0.717) is 49.1 Å². The summed E-state index contributed by atoms with van der Waals surface area (Å²) in [4.78, 5) is 16.8. The quantitative estimate of drug-likeness (QED) is 0.502. The number of benzene rings is 1. The zero-order chi connectivity index (χ0) is 26.0. The summed E-state index contributed by atoms with van der Waals surface area (Å²) in [5.74, 6) is 1.45. The summed E-state index contributed by atoms with van der Waals surface area (Å²) in [6.45, 7) is 8.00. The number of thioether (sulfide) groups is 1. The Kier molecular flexibility index (Phi) is 5.23. The molecule has 5 nitrogen and oxygen atoms in total. The van der Waals surface area contributed by atoms with Crippen LogP contribution in [-0.2, 0) is 14.3 Å². The van der Waals surface area contributed by atoms with Crippen LogP contribution in [0.4, 0.5) is 5.69 Å². The predicted molar refractivity (Wildman–Crippen MR) is 146 cm³/mol. The number of anilines is 1. The Bertz CT molecular complexity index is 1140. The van der Waals surface area contributed by atoms with Gasteiger partial charge in [0.1, 0.15) is 5.78 Å². The Balaban J connectivity index is 1.35. The summed E-state index contributed by atoms with van der Waals surface area (Å²) < 4.78 is 12.7. The van der Waals surface area contributed by atoms with Crippen molar-refractivity contribution in [2.24, 2.45) is 28.6 Å². The molecule has 202 valence electrons. The molecule has 2 spiro atoms. The standard InChI is InChI=1S/C31H43NO4S/c1-27(2)17-35-30(36-18-27)12-13-31-26-21(10-11-29(31,34)16-30)23-8-9-25(33)28(23,3)15-22(26)20-7-6-19(32(4)5)14-24(20)37-31/h6-7,14,21-23,26,34H,8-13,15-18H2,1-5H3/t21-,22+,23-,26?,28-,29+,31-/m0/s1. The molecule has 5 fully saturated rings. The molecule has 4 aliphatic carbocycles. The number of carbonyl (C=O) groups is 1. The van der Waals surface area contributed by atoms with E-state index in [1.807, 2.05) is 11.8 Å². The van der Waals surface area contributed by atoms with Crippen LogP contribution in [0.25, 0.3) is 0 Å². The number of nitrogens with zero attached hydrogens (tertiary/aromatic N) is 1. The lowest BCUT2D eigenvalue weighted by molar-refractivity contribution is -0.337. The molecule has 1 aromatic rings. The fourth-order valence-corrected chi connectivity index (χ4v) is 11.6. The fraction of sp³-hybridized carbons (Fsp3) is 0.774. The SMILES string of the molecule is CN(C)c1ccc2c(c1)S[C@]13CCC4(C[C@]1(O)CC[C@@H]1C3[C@@H]2C[C@]2(C)C(=O)CC[C@@H]12)OCC(C)(C)CO4. The van der Waals surface area contributed by atoms with Crippen LogP contribution < -0.4 is 4.90 Å². The first-order valence-electron chi connectivity index (χ1n) is 14.5. The van der Waals surface area contributed by atoms with E-state index in [-0.39, 0.29) is 15.6 Å². The minimum atomic E-state index is -0.848. The third-order valence-electron chi connectivity index (χ3n) is 11.5. The maximum Gasteiger partial charge on any atom is 0.171 e. The van der Waals surface area contributed by atoms with Gasteiger partial charge in [0.25, 0.3) is 0 Å². The Hall–Kier alpha value is -1.08. The molecule has 37 heavy (non-hydrogen) atoms. The van der Waals surface area contributed by atoms with Crippen molar-refractivity contribution in [2.75, 3.05) is 32.2 Å². The van der Waals surface area contributed by atoms with Gasteiger partial charge < -0.3 is 19.5 Å². The van der Waals surface area contributed by atoms with E-state index >= 15 is 0 Å². The number of carbonyl (C=O) groups excluding carboxylic acids is 1. The Morgan fingerprint density at radius 3 is 2.54 bits per heavy atom. The van der Waals surface area contributed by atoms with E-state index in [4.69, 9.17) is 9.47 Å². The number of ketones is 1. The van der Waals surface area contributed by atoms with Gasteiger partial charge in [-0.1, -0.05) is 26.8 Å². The molecule has 4 saturated carbocycles. The lowest BCUT2D eigenvalue weighted by Crippen LogP contribution is -2.72. The van der Waals surface area contributed by atoms with Gasteiger partial charge in [0.2, 0.25) is 0 Å². The van der Waals surface area contributed by atoms with Crippen LogP contribution in [0.2, 0.25) is 0 Å². The van der Waals surface area contributed by atoms with Crippen LogP contribution in [0.1, 0.15) is 83.6 Å². The zero-order valence-electron chi connectivity index (χ0n) is 23.1. The van der Waals surface area contributed by atoms with E-state index in [0.717, 1.165) is 44.9 Å². The molecule has 1 saturated heterocycles. The molecule has 0 aromatic heterocycles. The number of hydrogen-bond acceptors (Lipinski definition) is 6. The van der Waals surface area contributed by atoms with E-state index in [2.05, 4.69) is 58.0 Å². The zero-order valence-corrected chi connectivity index (χ0v) is 24.0.